The number of aryl methyl sites for hydroxylation is 1. The maximum atomic E-state index is 12.0. The molecule has 8 nitrogen and oxygen atoms in total. The van der Waals surface area contributed by atoms with Crippen LogP contribution in [0.4, 0.5) is 0 Å². The monoisotopic (exact) mass is 326 g/mol. The van der Waals surface area contributed by atoms with Crippen LogP contribution >= 0.6 is 22.9 Å². The molecule has 0 amide bonds. The first kappa shape index (κ1) is 12.5. The van der Waals surface area contributed by atoms with Crippen LogP contribution in [0.1, 0.15) is 6.93 Å². The fourth-order valence-electron chi connectivity index (χ4n) is 1.64. The minimum absolute atomic E-state index is 0.0397. The summed E-state index contributed by atoms with van der Waals surface area (Å²) in [6.07, 6.45) is 1.59. The quantitative estimate of drug-likeness (QED) is 0.666. The Hall–Kier alpha value is -2.26. The van der Waals surface area contributed by atoms with Crippen molar-refractivity contribution in [3.63, 3.8) is 0 Å². The van der Waals surface area contributed by atoms with Crippen molar-refractivity contribution in [1.29, 1.82) is 0 Å². The zero-order valence-corrected chi connectivity index (χ0v) is 12.3. The molecule has 3 aromatic heterocycles. The van der Waals surface area contributed by atoms with Crippen molar-refractivity contribution in [2.75, 3.05) is 0 Å². The van der Waals surface area contributed by atoms with E-state index in [0.29, 0.717) is 16.4 Å². The van der Waals surface area contributed by atoms with Gasteiger partial charge in [-0.05, 0) is 16.5 Å². The van der Waals surface area contributed by atoms with Gasteiger partial charge in [0.05, 0.1) is 12.6 Å². The molecule has 0 aliphatic heterocycles. The highest BCUT2D eigenvalue weighted by Crippen LogP contribution is 2.22. The lowest BCUT2D eigenvalue weighted by molar-refractivity contribution is 0.303. The number of ether oxygens (including phenoxy) is 1. The van der Waals surface area contributed by atoms with Crippen molar-refractivity contribution in [3.05, 3.63) is 45.0 Å². The van der Waals surface area contributed by atoms with Gasteiger partial charge in [0.2, 0.25) is 0 Å². The Morgan fingerprint density at radius 1 is 1.48 bits per heavy atom. The van der Waals surface area contributed by atoms with Gasteiger partial charge in [0.25, 0.3) is 5.19 Å². The number of rotatable bonds is 4. The highest BCUT2D eigenvalue weighted by molar-refractivity contribution is 7.11. The summed E-state index contributed by atoms with van der Waals surface area (Å²) in [7, 11) is 1.50. The Kier molecular flexibility index (Phi) is 3.34. The van der Waals surface area contributed by atoms with Crippen molar-refractivity contribution in [3.8, 4) is 10.9 Å². The zero-order chi connectivity index (χ0) is 15.7. The molecule has 0 aliphatic carbocycles. The van der Waals surface area contributed by atoms with E-state index < -0.39 is 5.69 Å². The molecule has 21 heavy (non-hydrogen) atoms. The van der Waals surface area contributed by atoms with Crippen molar-refractivity contribution >= 4 is 22.9 Å². The van der Waals surface area contributed by atoms with Gasteiger partial charge in [-0.25, -0.2) is 14.8 Å². The van der Waals surface area contributed by atoms with Gasteiger partial charge in [0, 0.05) is 24.8 Å². The molecule has 0 aliphatic rings. The molecule has 3 rings (SSSR count). The normalized spacial score (nSPS) is 11.4. The number of pyridine rings is 1. The molecule has 3 aromatic rings. The summed E-state index contributed by atoms with van der Waals surface area (Å²) in [6, 6.07) is 1.60. The minimum atomic E-state index is -0.411. The second-order valence-electron chi connectivity index (χ2n) is 3.93. The molecule has 3 heterocycles. The Labute approximate surface area is 129 Å². The van der Waals surface area contributed by atoms with Crippen LogP contribution in [0.5, 0.6) is 5.19 Å². The molecule has 0 N–H and O–H groups in total. The van der Waals surface area contributed by atoms with Crippen LogP contribution in [0, 0.1) is 0 Å². The predicted octanol–water partition coefficient (Wildman–Crippen LogP) is 1.05. The van der Waals surface area contributed by atoms with Gasteiger partial charge < -0.3 is 4.74 Å². The van der Waals surface area contributed by atoms with E-state index in [9.17, 15) is 4.79 Å². The summed E-state index contributed by atoms with van der Waals surface area (Å²) < 4.78 is 15.1. The Morgan fingerprint density at radius 2 is 2.33 bits per heavy atom. The Balaban J connectivity index is 1.96. The van der Waals surface area contributed by atoms with E-state index in [1.807, 2.05) is 0 Å². The molecule has 0 radical (unpaired) electrons. The van der Waals surface area contributed by atoms with Crippen LogP contribution in [0.15, 0.2) is 28.6 Å². The number of tetrazole rings is 1. The second kappa shape index (κ2) is 5.62. The van der Waals surface area contributed by atoms with Gasteiger partial charge in [0.15, 0.2) is 0 Å². The van der Waals surface area contributed by atoms with Crippen molar-refractivity contribution in [2.45, 2.75) is 6.61 Å². The van der Waals surface area contributed by atoms with Crippen LogP contribution in [0.2, 0.25) is 5.15 Å². The van der Waals surface area contributed by atoms with Crippen LogP contribution in [0.3, 0.4) is 0 Å². The summed E-state index contributed by atoms with van der Waals surface area (Å²) in [5.74, 6) is 0. The minimum Gasteiger partial charge on any atom is -0.465 e. The van der Waals surface area contributed by atoms with Gasteiger partial charge in [0.1, 0.15) is 11.8 Å². The van der Waals surface area contributed by atoms with Crippen LogP contribution in [-0.4, -0.2) is 29.8 Å². The lowest BCUT2D eigenvalue weighted by atomic mass is 10.2. The third-order valence-corrected chi connectivity index (χ3v) is 3.60. The largest absolute Gasteiger partial charge is 0.465 e. The molecule has 0 atom stereocenters. The van der Waals surface area contributed by atoms with Gasteiger partial charge in [-0.3, -0.25) is 0 Å². The van der Waals surface area contributed by atoms with Crippen LogP contribution in [0.25, 0.3) is 5.69 Å². The maximum absolute atomic E-state index is 12.0. The van der Waals surface area contributed by atoms with Gasteiger partial charge in [-0.15, -0.1) is 0 Å². The zero-order valence-electron chi connectivity index (χ0n) is 11.7. The van der Waals surface area contributed by atoms with E-state index in [4.69, 9.17) is 17.7 Å². The first-order chi connectivity index (χ1) is 10.6. The highest BCUT2D eigenvalue weighted by Gasteiger charge is 2.15. The Morgan fingerprint density at radius 3 is 3.00 bits per heavy atom. The average Bonchev–Trinajstić information content (AvgIpc) is 3.05. The predicted molar refractivity (Wildman–Crippen MR) is 75.9 cm³/mol. The lowest BCUT2D eigenvalue weighted by Crippen LogP contribution is -2.23. The first-order valence-electron chi connectivity index (χ1n) is 6.24. The summed E-state index contributed by atoms with van der Waals surface area (Å²) in [5, 5.41) is 9.52. The molecule has 0 saturated heterocycles. The van der Waals surface area contributed by atoms with Gasteiger partial charge >= 0.3 is 5.69 Å². The molecule has 0 spiro atoms. The molecular weight excluding hydrogens is 316 g/mol. The second-order valence-corrected chi connectivity index (χ2v) is 5.11. The summed E-state index contributed by atoms with van der Waals surface area (Å²) in [4.78, 5) is 19.8. The van der Waals surface area contributed by atoms with E-state index in [0.717, 1.165) is 9.36 Å². The van der Waals surface area contributed by atoms with Gasteiger partial charge in [-0.2, -0.15) is 9.36 Å². The molecule has 10 heteroatoms. The number of hydrogen-bond acceptors (Lipinski definition) is 7. The number of thiazole rings is 1. The molecule has 108 valence electrons. The molecule has 0 unspecified atom stereocenters. The maximum Gasteiger partial charge on any atom is 0.368 e. The topological polar surface area (TPSA) is 87.7 Å². The van der Waals surface area contributed by atoms with E-state index >= 15 is 0 Å². The molecule has 0 fully saturated rings. The highest BCUT2D eigenvalue weighted by atomic mass is 35.5. The fourth-order valence-corrected chi connectivity index (χ4v) is 2.28. The molecular formula is C11H9ClN6O2S. The Bertz CT molecular complexity index is 876. The van der Waals surface area contributed by atoms with E-state index in [1.165, 1.54) is 24.6 Å². The van der Waals surface area contributed by atoms with Crippen molar-refractivity contribution in [1.82, 2.24) is 29.8 Å². The van der Waals surface area contributed by atoms with Crippen LogP contribution < -0.4 is 10.4 Å². The van der Waals surface area contributed by atoms with E-state index in [1.54, 1.807) is 11.4 Å². The van der Waals surface area contributed by atoms with E-state index in [-0.39, 0.29) is 17.9 Å². The summed E-state index contributed by atoms with van der Waals surface area (Å²) in [6.45, 7) is 0.0397. The summed E-state index contributed by atoms with van der Waals surface area (Å²) in [5.41, 5.74) is 0.500. The number of nitrogens with zero attached hydrogens (tertiary/aromatic N) is 6. The third-order valence-electron chi connectivity index (χ3n) is 2.64. The summed E-state index contributed by atoms with van der Waals surface area (Å²) >= 11 is 7.29. The fraction of sp³-hybridized carbons (Fsp3) is 0.182. The number of aromatic nitrogens is 6. The first-order valence-corrected chi connectivity index (χ1v) is 6.99. The SMILES string of the molecule is [3H]c1csc(OCc2c(-n3nnn(C)c3=O)ccnc2Cl)n1. The number of hydrogen-bond donors (Lipinski definition) is 0. The standard InChI is InChI=1S/C11H9ClN6O2S/c1-17-11(19)18(16-15-17)8-2-3-13-9(12)7(8)6-20-10-14-4-5-21-10/h2-5H,6H2,1H3/i4T. The van der Waals surface area contributed by atoms with Crippen molar-refractivity contribution in [2.24, 2.45) is 7.05 Å². The molecule has 0 saturated carbocycles. The molecule has 0 bridgehead atoms. The van der Waals surface area contributed by atoms with Crippen LogP contribution in [-0.2, 0) is 13.7 Å². The number of halogens is 1. The lowest BCUT2D eigenvalue weighted by Gasteiger charge is -2.09. The van der Waals surface area contributed by atoms with Gasteiger partial charge in [-0.1, -0.05) is 22.9 Å². The van der Waals surface area contributed by atoms with E-state index in [2.05, 4.69) is 20.4 Å². The smallest absolute Gasteiger partial charge is 0.368 e. The molecule has 0 aromatic carbocycles. The average molecular weight is 327 g/mol. The third kappa shape index (κ3) is 2.65. The van der Waals surface area contributed by atoms with Crippen molar-refractivity contribution < 1.29 is 6.11 Å².